The summed E-state index contributed by atoms with van der Waals surface area (Å²) in [5.41, 5.74) is 0. The summed E-state index contributed by atoms with van der Waals surface area (Å²) in [6, 6.07) is 7.92. The Hall–Kier alpha value is -0.970. The molecular weight excluding hydrogens is 302 g/mol. The average Bonchev–Trinajstić information content (AvgIpc) is 2.54. The van der Waals surface area contributed by atoms with Crippen LogP contribution < -0.4 is 9.47 Å². The molecule has 0 unspecified atom stereocenters. The van der Waals surface area contributed by atoms with Crippen LogP contribution in [0.1, 0.15) is 26.2 Å². The number of ether oxygens (including phenoxy) is 3. The van der Waals surface area contributed by atoms with Gasteiger partial charge in [0.2, 0.25) is 0 Å². The Morgan fingerprint density at radius 3 is 2.27 bits per heavy atom. The molecule has 0 saturated carbocycles. The fraction of sp³-hybridized carbons (Fsp3) is 0.647. The zero-order chi connectivity index (χ0) is 14.8. The van der Waals surface area contributed by atoms with E-state index in [2.05, 4.69) is 11.8 Å². The Kier molecular flexibility index (Phi) is 10.0. The molecule has 0 spiro atoms. The van der Waals surface area contributed by atoms with Gasteiger partial charge in [-0.1, -0.05) is 19.1 Å². The molecule has 22 heavy (non-hydrogen) atoms. The maximum absolute atomic E-state index is 5.86. The van der Waals surface area contributed by atoms with E-state index in [9.17, 15) is 0 Å². The van der Waals surface area contributed by atoms with Gasteiger partial charge in [-0.05, 0) is 37.9 Å². The highest BCUT2D eigenvalue weighted by molar-refractivity contribution is 5.85. The SMILES string of the molecule is CCCOc1ccccc1OCCCCN1CCOCC1.Cl. The highest BCUT2D eigenvalue weighted by atomic mass is 35.5. The van der Waals surface area contributed by atoms with Crippen LogP contribution in [-0.4, -0.2) is 51.0 Å². The second kappa shape index (κ2) is 11.6. The van der Waals surface area contributed by atoms with Crippen LogP contribution in [0.2, 0.25) is 0 Å². The van der Waals surface area contributed by atoms with E-state index in [1.165, 1.54) is 0 Å². The Labute approximate surface area is 140 Å². The number of unbranched alkanes of at least 4 members (excludes halogenated alkanes) is 1. The Morgan fingerprint density at radius 2 is 1.64 bits per heavy atom. The van der Waals surface area contributed by atoms with Gasteiger partial charge in [-0.3, -0.25) is 4.90 Å². The minimum absolute atomic E-state index is 0. The summed E-state index contributed by atoms with van der Waals surface area (Å²) in [4.78, 5) is 2.46. The maximum atomic E-state index is 5.86. The second-order valence-corrected chi connectivity index (χ2v) is 5.30. The number of hydrogen-bond donors (Lipinski definition) is 0. The van der Waals surface area contributed by atoms with Crippen molar-refractivity contribution < 1.29 is 14.2 Å². The lowest BCUT2D eigenvalue weighted by Crippen LogP contribution is -2.36. The molecule has 1 aliphatic heterocycles. The minimum Gasteiger partial charge on any atom is -0.490 e. The van der Waals surface area contributed by atoms with Crippen LogP contribution in [0.4, 0.5) is 0 Å². The van der Waals surface area contributed by atoms with Gasteiger partial charge in [-0.2, -0.15) is 0 Å². The van der Waals surface area contributed by atoms with E-state index in [1.54, 1.807) is 0 Å². The van der Waals surface area contributed by atoms with Crippen molar-refractivity contribution in [2.45, 2.75) is 26.2 Å². The van der Waals surface area contributed by atoms with Gasteiger partial charge in [-0.15, -0.1) is 12.4 Å². The van der Waals surface area contributed by atoms with Crippen molar-refractivity contribution in [3.63, 3.8) is 0 Å². The number of rotatable bonds is 9. The lowest BCUT2D eigenvalue weighted by Gasteiger charge is -2.26. The van der Waals surface area contributed by atoms with Crippen LogP contribution >= 0.6 is 12.4 Å². The van der Waals surface area contributed by atoms with Crippen molar-refractivity contribution in [1.82, 2.24) is 4.90 Å². The fourth-order valence-corrected chi connectivity index (χ4v) is 2.35. The van der Waals surface area contributed by atoms with Crippen molar-refractivity contribution in [2.24, 2.45) is 0 Å². The first kappa shape index (κ1) is 19.1. The normalized spacial score (nSPS) is 15.1. The Bertz CT molecular complexity index is 397. The summed E-state index contributed by atoms with van der Waals surface area (Å²) in [6.07, 6.45) is 3.24. The van der Waals surface area contributed by atoms with Crippen molar-refractivity contribution in [1.29, 1.82) is 0 Å². The summed E-state index contributed by atoms with van der Waals surface area (Å²) in [6.45, 7) is 8.60. The molecule has 1 fully saturated rings. The third-order valence-electron chi connectivity index (χ3n) is 3.54. The smallest absolute Gasteiger partial charge is 0.161 e. The van der Waals surface area contributed by atoms with Gasteiger partial charge in [0.05, 0.1) is 26.4 Å². The molecule has 1 heterocycles. The first-order valence-electron chi connectivity index (χ1n) is 8.05. The number of nitrogens with zero attached hydrogens (tertiary/aromatic N) is 1. The number of benzene rings is 1. The van der Waals surface area contributed by atoms with E-state index in [1.807, 2.05) is 24.3 Å². The zero-order valence-corrected chi connectivity index (χ0v) is 14.3. The lowest BCUT2D eigenvalue weighted by molar-refractivity contribution is 0.0367. The van der Waals surface area contributed by atoms with Gasteiger partial charge < -0.3 is 14.2 Å². The van der Waals surface area contributed by atoms with Crippen LogP contribution in [0.5, 0.6) is 11.5 Å². The molecule has 0 radical (unpaired) electrons. The molecule has 0 N–H and O–H groups in total. The van der Waals surface area contributed by atoms with E-state index in [0.29, 0.717) is 0 Å². The molecule has 1 saturated heterocycles. The summed E-state index contributed by atoms with van der Waals surface area (Å²) in [5.74, 6) is 1.71. The molecule has 5 heteroatoms. The molecule has 1 aromatic rings. The number of morpholine rings is 1. The van der Waals surface area contributed by atoms with E-state index in [4.69, 9.17) is 14.2 Å². The zero-order valence-electron chi connectivity index (χ0n) is 13.5. The van der Waals surface area contributed by atoms with E-state index in [-0.39, 0.29) is 12.4 Å². The van der Waals surface area contributed by atoms with Crippen LogP contribution in [0.25, 0.3) is 0 Å². The molecule has 2 rings (SSSR count). The van der Waals surface area contributed by atoms with Gasteiger partial charge in [0.25, 0.3) is 0 Å². The standard InChI is InChI=1S/C17H27NO3.ClH/c1-2-12-20-16-7-3-4-8-17(16)21-13-6-5-9-18-10-14-19-15-11-18;/h3-4,7-8H,2,5-6,9-15H2,1H3;1H. The van der Waals surface area contributed by atoms with Crippen LogP contribution in [0.3, 0.4) is 0 Å². The molecule has 0 amide bonds. The van der Waals surface area contributed by atoms with Gasteiger partial charge >= 0.3 is 0 Å². The average molecular weight is 330 g/mol. The molecule has 126 valence electrons. The number of hydrogen-bond acceptors (Lipinski definition) is 4. The summed E-state index contributed by atoms with van der Waals surface area (Å²) in [5, 5.41) is 0. The van der Waals surface area contributed by atoms with Gasteiger partial charge in [0.15, 0.2) is 11.5 Å². The maximum Gasteiger partial charge on any atom is 0.161 e. The van der Waals surface area contributed by atoms with Crippen LogP contribution in [-0.2, 0) is 4.74 Å². The molecule has 0 aromatic heterocycles. The molecule has 1 aromatic carbocycles. The number of para-hydroxylation sites is 2. The van der Waals surface area contributed by atoms with Crippen molar-refractivity contribution in [3.8, 4) is 11.5 Å². The summed E-state index contributed by atoms with van der Waals surface area (Å²) >= 11 is 0. The molecule has 0 aliphatic carbocycles. The van der Waals surface area contributed by atoms with Crippen molar-refractivity contribution in [2.75, 3.05) is 46.1 Å². The van der Waals surface area contributed by atoms with Gasteiger partial charge in [0, 0.05) is 13.1 Å². The van der Waals surface area contributed by atoms with E-state index in [0.717, 1.165) is 76.8 Å². The molecular formula is C17H28ClNO3. The highest BCUT2D eigenvalue weighted by Gasteiger charge is 2.09. The van der Waals surface area contributed by atoms with Crippen molar-refractivity contribution >= 4 is 12.4 Å². The monoisotopic (exact) mass is 329 g/mol. The highest BCUT2D eigenvalue weighted by Crippen LogP contribution is 2.26. The Balaban J connectivity index is 0.00000242. The topological polar surface area (TPSA) is 30.9 Å². The second-order valence-electron chi connectivity index (χ2n) is 5.30. The third-order valence-corrected chi connectivity index (χ3v) is 3.54. The lowest BCUT2D eigenvalue weighted by atomic mass is 10.3. The molecule has 0 bridgehead atoms. The van der Waals surface area contributed by atoms with Crippen LogP contribution in [0, 0.1) is 0 Å². The van der Waals surface area contributed by atoms with E-state index < -0.39 is 0 Å². The first-order valence-corrected chi connectivity index (χ1v) is 8.05. The number of halogens is 1. The predicted octanol–water partition coefficient (Wildman–Crippen LogP) is 3.39. The van der Waals surface area contributed by atoms with Gasteiger partial charge in [-0.25, -0.2) is 0 Å². The summed E-state index contributed by atoms with van der Waals surface area (Å²) in [7, 11) is 0. The molecule has 1 aliphatic rings. The van der Waals surface area contributed by atoms with E-state index >= 15 is 0 Å². The molecule has 4 nitrogen and oxygen atoms in total. The Morgan fingerprint density at radius 1 is 1.00 bits per heavy atom. The quantitative estimate of drug-likeness (QED) is 0.650. The molecule has 0 atom stereocenters. The minimum atomic E-state index is 0. The predicted molar refractivity (Wildman–Crippen MR) is 91.5 cm³/mol. The van der Waals surface area contributed by atoms with Crippen molar-refractivity contribution in [3.05, 3.63) is 24.3 Å². The summed E-state index contributed by atoms with van der Waals surface area (Å²) < 4.78 is 16.9. The van der Waals surface area contributed by atoms with Gasteiger partial charge in [0.1, 0.15) is 0 Å². The van der Waals surface area contributed by atoms with Crippen LogP contribution in [0.15, 0.2) is 24.3 Å². The fourth-order valence-electron chi connectivity index (χ4n) is 2.35. The third kappa shape index (κ3) is 6.86. The largest absolute Gasteiger partial charge is 0.490 e. The first-order chi connectivity index (χ1) is 10.4.